The summed E-state index contributed by atoms with van der Waals surface area (Å²) in [5.41, 5.74) is -0.153. The average molecular weight is 435 g/mol. The number of nitrogens with zero attached hydrogens (tertiary/aromatic N) is 2. The number of methoxy groups -OCH3 is 1. The van der Waals surface area contributed by atoms with Crippen molar-refractivity contribution < 1.29 is 19.1 Å². The SMILES string of the molecule is COC(=O)c1[nH]c([C@@H]2CCCN(C(=O)OC(C)(C)C)C2)nc1I. The van der Waals surface area contributed by atoms with E-state index in [9.17, 15) is 9.59 Å². The molecule has 0 bridgehead atoms. The molecule has 2 heterocycles. The van der Waals surface area contributed by atoms with E-state index in [4.69, 9.17) is 9.47 Å². The summed E-state index contributed by atoms with van der Waals surface area (Å²) in [5.74, 6) is 0.333. The number of esters is 1. The molecule has 1 aromatic heterocycles. The van der Waals surface area contributed by atoms with E-state index >= 15 is 0 Å². The summed E-state index contributed by atoms with van der Waals surface area (Å²) in [7, 11) is 1.34. The number of rotatable bonds is 2. The number of piperidine rings is 1. The first-order valence-electron chi connectivity index (χ1n) is 7.53. The Balaban J connectivity index is 2.09. The molecule has 0 radical (unpaired) electrons. The summed E-state index contributed by atoms with van der Waals surface area (Å²) in [6, 6.07) is 0. The van der Waals surface area contributed by atoms with Crippen LogP contribution >= 0.6 is 22.6 Å². The fourth-order valence-corrected chi connectivity index (χ4v) is 3.11. The van der Waals surface area contributed by atoms with Crippen molar-refractivity contribution in [2.45, 2.75) is 45.1 Å². The molecule has 1 amide bonds. The van der Waals surface area contributed by atoms with Crippen LogP contribution in [-0.4, -0.2) is 52.7 Å². The molecule has 0 saturated carbocycles. The normalized spacial score (nSPS) is 18.7. The maximum Gasteiger partial charge on any atom is 0.410 e. The molecular weight excluding hydrogens is 413 g/mol. The lowest BCUT2D eigenvalue weighted by Crippen LogP contribution is -2.42. The van der Waals surface area contributed by atoms with E-state index in [2.05, 4.69) is 9.97 Å². The quantitative estimate of drug-likeness (QED) is 0.571. The van der Waals surface area contributed by atoms with Crippen LogP contribution in [0.15, 0.2) is 0 Å². The molecule has 128 valence electrons. The van der Waals surface area contributed by atoms with Crippen LogP contribution in [0, 0.1) is 3.70 Å². The molecule has 1 N–H and O–H groups in total. The molecule has 8 heteroatoms. The van der Waals surface area contributed by atoms with Crippen LogP contribution in [0.4, 0.5) is 4.79 Å². The number of imidazole rings is 1. The van der Waals surface area contributed by atoms with E-state index in [0.717, 1.165) is 12.8 Å². The van der Waals surface area contributed by atoms with Gasteiger partial charge in [0, 0.05) is 19.0 Å². The van der Waals surface area contributed by atoms with Gasteiger partial charge in [-0.05, 0) is 56.2 Å². The number of carbonyl (C=O) groups is 2. The zero-order valence-corrected chi connectivity index (χ0v) is 16.0. The van der Waals surface area contributed by atoms with E-state index in [1.54, 1.807) is 4.90 Å². The molecular formula is C15H22IN3O4. The maximum atomic E-state index is 12.2. The Hall–Kier alpha value is -1.32. The number of likely N-dealkylation sites (tertiary alicyclic amines) is 1. The lowest BCUT2D eigenvalue weighted by Gasteiger charge is -2.33. The van der Waals surface area contributed by atoms with Crippen molar-refractivity contribution in [2.24, 2.45) is 0 Å². The molecule has 0 spiro atoms. The van der Waals surface area contributed by atoms with Crippen LogP contribution in [0.3, 0.4) is 0 Å². The lowest BCUT2D eigenvalue weighted by molar-refractivity contribution is 0.0195. The molecule has 1 aliphatic rings. The first-order valence-corrected chi connectivity index (χ1v) is 8.61. The third kappa shape index (κ3) is 4.58. The highest BCUT2D eigenvalue weighted by atomic mass is 127. The van der Waals surface area contributed by atoms with Crippen LogP contribution in [0.25, 0.3) is 0 Å². The number of carbonyl (C=O) groups excluding carboxylic acids is 2. The Morgan fingerprint density at radius 3 is 2.70 bits per heavy atom. The Kier molecular flexibility index (Phi) is 5.53. The van der Waals surface area contributed by atoms with Gasteiger partial charge in [0.05, 0.1) is 7.11 Å². The monoisotopic (exact) mass is 435 g/mol. The van der Waals surface area contributed by atoms with Gasteiger partial charge >= 0.3 is 12.1 Å². The van der Waals surface area contributed by atoms with Crippen LogP contribution in [-0.2, 0) is 9.47 Å². The minimum Gasteiger partial charge on any atom is -0.464 e. The fourth-order valence-electron chi connectivity index (χ4n) is 2.49. The number of H-pyrrole nitrogens is 1. The van der Waals surface area contributed by atoms with Gasteiger partial charge in [-0.15, -0.1) is 0 Å². The minimum absolute atomic E-state index is 0.0585. The van der Waals surface area contributed by atoms with Crippen molar-refractivity contribution in [3.05, 3.63) is 15.2 Å². The molecule has 1 aromatic rings. The van der Waals surface area contributed by atoms with Crippen molar-refractivity contribution in [1.82, 2.24) is 14.9 Å². The molecule has 1 saturated heterocycles. The van der Waals surface area contributed by atoms with Gasteiger partial charge in [0.15, 0.2) is 5.69 Å². The van der Waals surface area contributed by atoms with E-state index in [0.29, 0.717) is 28.3 Å². The van der Waals surface area contributed by atoms with Crippen LogP contribution < -0.4 is 0 Å². The molecule has 1 atom stereocenters. The highest BCUT2D eigenvalue weighted by molar-refractivity contribution is 14.1. The van der Waals surface area contributed by atoms with Crippen molar-refractivity contribution in [1.29, 1.82) is 0 Å². The highest BCUT2D eigenvalue weighted by Gasteiger charge is 2.30. The summed E-state index contributed by atoms with van der Waals surface area (Å²) in [5, 5.41) is 0. The Labute approximate surface area is 149 Å². The van der Waals surface area contributed by atoms with E-state index < -0.39 is 11.6 Å². The van der Waals surface area contributed by atoms with Crippen LogP contribution in [0.2, 0.25) is 0 Å². The van der Waals surface area contributed by atoms with Gasteiger partial charge in [-0.1, -0.05) is 0 Å². The van der Waals surface area contributed by atoms with Gasteiger partial charge in [0.2, 0.25) is 0 Å². The molecule has 7 nitrogen and oxygen atoms in total. The number of aromatic nitrogens is 2. The van der Waals surface area contributed by atoms with E-state index in [1.807, 2.05) is 43.4 Å². The van der Waals surface area contributed by atoms with Gasteiger partial charge < -0.3 is 19.4 Å². The van der Waals surface area contributed by atoms with Crippen molar-refractivity contribution in [3.63, 3.8) is 0 Å². The average Bonchev–Trinajstić information content (AvgIpc) is 2.87. The number of nitrogens with one attached hydrogen (secondary N) is 1. The Bertz CT molecular complexity index is 594. The first kappa shape index (κ1) is 18.0. The van der Waals surface area contributed by atoms with Gasteiger partial charge in [-0.2, -0.15) is 0 Å². The summed E-state index contributed by atoms with van der Waals surface area (Å²) in [4.78, 5) is 33.1. The van der Waals surface area contributed by atoms with Crippen LogP contribution in [0.1, 0.15) is 55.8 Å². The fraction of sp³-hybridized carbons (Fsp3) is 0.667. The third-order valence-electron chi connectivity index (χ3n) is 3.53. The van der Waals surface area contributed by atoms with Gasteiger partial charge in [0.1, 0.15) is 15.1 Å². The first-order chi connectivity index (χ1) is 10.7. The predicted octanol–water partition coefficient (Wildman–Crippen LogP) is 2.92. The van der Waals surface area contributed by atoms with Crippen molar-refractivity contribution in [2.75, 3.05) is 20.2 Å². The number of hydrogen-bond acceptors (Lipinski definition) is 5. The van der Waals surface area contributed by atoms with E-state index in [-0.39, 0.29) is 12.0 Å². The standard InChI is InChI=1S/C15H22IN3O4/c1-15(2,3)23-14(21)19-7-5-6-9(8-19)12-17-10(11(16)18-12)13(20)22-4/h9H,5-8H2,1-4H3,(H,17,18)/t9-/m1/s1. The third-order valence-corrected chi connectivity index (χ3v) is 4.31. The van der Waals surface area contributed by atoms with Gasteiger partial charge in [-0.25, -0.2) is 14.6 Å². The summed E-state index contributed by atoms with van der Waals surface area (Å²) >= 11 is 2.00. The zero-order valence-electron chi connectivity index (χ0n) is 13.8. The van der Waals surface area contributed by atoms with Crippen molar-refractivity contribution >= 4 is 34.7 Å². The van der Waals surface area contributed by atoms with E-state index in [1.165, 1.54) is 7.11 Å². The lowest BCUT2D eigenvalue weighted by atomic mass is 9.98. The number of halogens is 1. The predicted molar refractivity (Wildman–Crippen MR) is 92.4 cm³/mol. The largest absolute Gasteiger partial charge is 0.464 e. The molecule has 2 rings (SSSR count). The molecule has 0 aliphatic carbocycles. The molecule has 23 heavy (non-hydrogen) atoms. The number of aromatic amines is 1. The van der Waals surface area contributed by atoms with Crippen LogP contribution in [0.5, 0.6) is 0 Å². The molecule has 1 fully saturated rings. The summed E-state index contributed by atoms with van der Waals surface area (Å²) in [6.45, 7) is 6.75. The summed E-state index contributed by atoms with van der Waals surface area (Å²) in [6.07, 6.45) is 1.47. The smallest absolute Gasteiger partial charge is 0.410 e. The second kappa shape index (κ2) is 7.06. The number of hydrogen-bond donors (Lipinski definition) is 1. The number of ether oxygens (including phenoxy) is 2. The summed E-state index contributed by atoms with van der Waals surface area (Å²) < 4.78 is 10.7. The van der Waals surface area contributed by atoms with Gasteiger partial charge in [0.25, 0.3) is 0 Å². The topological polar surface area (TPSA) is 84.5 Å². The maximum absolute atomic E-state index is 12.2. The zero-order chi connectivity index (χ0) is 17.2. The molecule has 0 aromatic carbocycles. The Morgan fingerprint density at radius 1 is 1.39 bits per heavy atom. The van der Waals surface area contributed by atoms with Gasteiger partial charge in [-0.3, -0.25) is 0 Å². The Morgan fingerprint density at radius 2 is 2.09 bits per heavy atom. The molecule has 0 unspecified atom stereocenters. The minimum atomic E-state index is -0.512. The highest BCUT2D eigenvalue weighted by Crippen LogP contribution is 2.27. The second-order valence-electron chi connectivity index (χ2n) is 6.54. The van der Waals surface area contributed by atoms with Crippen molar-refractivity contribution in [3.8, 4) is 0 Å². The second-order valence-corrected chi connectivity index (χ2v) is 7.57. The number of amides is 1. The molecule has 1 aliphatic heterocycles.